The van der Waals surface area contributed by atoms with E-state index in [-0.39, 0.29) is 5.54 Å². The van der Waals surface area contributed by atoms with Gasteiger partial charge in [0, 0.05) is 30.9 Å². The van der Waals surface area contributed by atoms with Crippen LogP contribution < -0.4 is 11.1 Å². The maximum absolute atomic E-state index is 11.2. The third kappa shape index (κ3) is 3.30. The molecular formula is C14H22N6O. The van der Waals surface area contributed by atoms with Gasteiger partial charge < -0.3 is 11.1 Å². The molecule has 0 bridgehead atoms. The van der Waals surface area contributed by atoms with Gasteiger partial charge in [-0.2, -0.15) is 10.2 Å². The molecule has 114 valence electrons. The van der Waals surface area contributed by atoms with Crippen LogP contribution in [0.4, 0.5) is 0 Å². The SMILES string of the molecule is Cc1nn(C)c(-n2cc(C(N)=O)cn2)c1CNC(C)(C)C. The van der Waals surface area contributed by atoms with Crippen molar-refractivity contribution in [1.29, 1.82) is 0 Å². The highest BCUT2D eigenvalue weighted by molar-refractivity contribution is 5.92. The zero-order valence-corrected chi connectivity index (χ0v) is 13.1. The van der Waals surface area contributed by atoms with Crippen LogP contribution in [0.15, 0.2) is 12.4 Å². The number of nitrogens with two attached hydrogens (primary N) is 1. The fourth-order valence-electron chi connectivity index (χ4n) is 2.10. The van der Waals surface area contributed by atoms with Crippen LogP contribution in [0.25, 0.3) is 5.82 Å². The molecule has 0 radical (unpaired) electrons. The van der Waals surface area contributed by atoms with Crippen LogP contribution >= 0.6 is 0 Å². The Hall–Kier alpha value is -2.15. The average Bonchev–Trinajstić information content (AvgIpc) is 2.90. The van der Waals surface area contributed by atoms with Gasteiger partial charge in [0.25, 0.3) is 5.91 Å². The van der Waals surface area contributed by atoms with E-state index in [1.54, 1.807) is 15.6 Å². The second kappa shape index (κ2) is 5.33. The van der Waals surface area contributed by atoms with E-state index in [1.165, 1.54) is 6.20 Å². The lowest BCUT2D eigenvalue weighted by molar-refractivity contribution is 0.100. The topological polar surface area (TPSA) is 90.8 Å². The minimum atomic E-state index is -0.491. The molecule has 0 aliphatic carbocycles. The first-order valence-electron chi connectivity index (χ1n) is 6.81. The van der Waals surface area contributed by atoms with Gasteiger partial charge in [-0.3, -0.25) is 9.48 Å². The van der Waals surface area contributed by atoms with E-state index >= 15 is 0 Å². The summed E-state index contributed by atoms with van der Waals surface area (Å²) < 4.78 is 3.40. The van der Waals surface area contributed by atoms with Gasteiger partial charge in [-0.05, 0) is 27.7 Å². The van der Waals surface area contributed by atoms with Crippen molar-refractivity contribution in [3.8, 4) is 5.82 Å². The summed E-state index contributed by atoms with van der Waals surface area (Å²) in [4.78, 5) is 11.2. The molecule has 0 atom stereocenters. The van der Waals surface area contributed by atoms with Gasteiger partial charge in [0.05, 0.1) is 17.5 Å². The van der Waals surface area contributed by atoms with E-state index in [1.807, 2.05) is 14.0 Å². The summed E-state index contributed by atoms with van der Waals surface area (Å²) in [6.07, 6.45) is 3.09. The van der Waals surface area contributed by atoms with Crippen molar-refractivity contribution >= 4 is 5.91 Å². The summed E-state index contributed by atoms with van der Waals surface area (Å²) in [6.45, 7) is 8.96. The van der Waals surface area contributed by atoms with Crippen molar-refractivity contribution in [2.75, 3.05) is 0 Å². The van der Waals surface area contributed by atoms with Crippen LogP contribution in [0, 0.1) is 6.92 Å². The van der Waals surface area contributed by atoms with Crippen molar-refractivity contribution in [2.24, 2.45) is 12.8 Å². The fraction of sp³-hybridized carbons (Fsp3) is 0.500. The lowest BCUT2D eigenvalue weighted by Gasteiger charge is -2.20. The number of carbonyl (C=O) groups is 1. The lowest BCUT2D eigenvalue weighted by Crippen LogP contribution is -2.35. The van der Waals surface area contributed by atoms with Crippen LogP contribution in [0.2, 0.25) is 0 Å². The quantitative estimate of drug-likeness (QED) is 0.875. The molecular weight excluding hydrogens is 268 g/mol. The molecule has 2 rings (SSSR count). The van der Waals surface area contributed by atoms with E-state index in [0.717, 1.165) is 17.1 Å². The third-order valence-corrected chi connectivity index (χ3v) is 3.19. The molecule has 0 saturated heterocycles. The highest BCUT2D eigenvalue weighted by Crippen LogP contribution is 2.18. The minimum Gasteiger partial charge on any atom is -0.366 e. The summed E-state index contributed by atoms with van der Waals surface area (Å²) in [6, 6.07) is 0. The van der Waals surface area contributed by atoms with E-state index in [0.29, 0.717) is 12.1 Å². The molecule has 3 N–H and O–H groups in total. The Morgan fingerprint density at radius 2 is 2.10 bits per heavy atom. The summed E-state index contributed by atoms with van der Waals surface area (Å²) >= 11 is 0. The van der Waals surface area contributed by atoms with E-state index < -0.39 is 5.91 Å². The van der Waals surface area contributed by atoms with Crippen LogP contribution in [0.1, 0.15) is 42.4 Å². The molecule has 7 nitrogen and oxygen atoms in total. The van der Waals surface area contributed by atoms with Crippen LogP contribution in [-0.4, -0.2) is 31.0 Å². The second-order valence-corrected chi connectivity index (χ2v) is 6.15. The number of aromatic nitrogens is 4. The first-order valence-corrected chi connectivity index (χ1v) is 6.81. The highest BCUT2D eigenvalue weighted by atomic mass is 16.1. The fourth-order valence-corrected chi connectivity index (χ4v) is 2.10. The Morgan fingerprint density at radius 1 is 1.43 bits per heavy atom. The number of primary amides is 1. The summed E-state index contributed by atoms with van der Waals surface area (Å²) in [5, 5.41) is 12.1. The van der Waals surface area contributed by atoms with Gasteiger partial charge in [-0.1, -0.05) is 0 Å². The maximum Gasteiger partial charge on any atom is 0.251 e. The zero-order valence-electron chi connectivity index (χ0n) is 13.1. The van der Waals surface area contributed by atoms with Crippen LogP contribution in [-0.2, 0) is 13.6 Å². The molecule has 0 aromatic carbocycles. The number of aryl methyl sites for hydroxylation is 2. The highest BCUT2D eigenvalue weighted by Gasteiger charge is 2.19. The molecule has 1 amide bonds. The molecule has 2 aromatic rings. The number of hydrogen-bond donors (Lipinski definition) is 2. The molecule has 0 unspecified atom stereocenters. The van der Waals surface area contributed by atoms with Gasteiger partial charge in [0.1, 0.15) is 0 Å². The predicted octanol–water partition coefficient (Wildman–Crippen LogP) is 0.901. The van der Waals surface area contributed by atoms with Gasteiger partial charge in [-0.25, -0.2) is 4.68 Å². The summed E-state index contributed by atoms with van der Waals surface area (Å²) in [7, 11) is 1.86. The molecule has 2 heterocycles. The van der Waals surface area contributed by atoms with Crippen LogP contribution in [0.3, 0.4) is 0 Å². The first kappa shape index (κ1) is 15.2. The van der Waals surface area contributed by atoms with Crippen LogP contribution in [0.5, 0.6) is 0 Å². The van der Waals surface area contributed by atoms with Crippen molar-refractivity contribution in [3.05, 3.63) is 29.2 Å². The number of carbonyl (C=O) groups excluding carboxylic acids is 1. The maximum atomic E-state index is 11.2. The molecule has 7 heteroatoms. The Kier molecular flexibility index (Phi) is 3.87. The zero-order chi connectivity index (χ0) is 15.8. The molecule has 0 aliphatic heterocycles. The van der Waals surface area contributed by atoms with Gasteiger partial charge in [-0.15, -0.1) is 0 Å². The minimum absolute atomic E-state index is 0.00204. The molecule has 2 aromatic heterocycles. The number of nitrogens with one attached hydrogen (secondary N) is 1. The van der Waals surface area contributed by atoms with E-state index in [2.05, 4.69) is 36.3 Å². The Bertz CT molecular complexity index is 662. The number of nitrogens with zero attached hydrogens (tertiary/aromatic N) is 4. The van der Waals surface area contributed by atoms with Gasteiger partial charge in [0.2, 0.25) is 0 Å². The van der Waals surface area contributed by atoms with Gasteiger partial charge in [0.15, 0.2) is 5.82 Å². The Morgan fingerprint density at radius 3 is 2.62 bits per heavy atom. The largest absolute Gasteiger partial charge is 0.366 e. The molecule has 0 fully saturated rings. The average molecular weight is 290 g/mol. The third-order valence-electron chi connectivity index (χ3n) is 3.19. The predicted molar refractivity (Wildman–Crippen MR) is 80.2 cm³/mol. The second-order valence-electron chi connectivity index (χ2n) is 6.15. The Labute approximate surface area is 124 Å². The Balaban J connectivity index is 2.40. The number of hydrogen-bond acceptors (Lipinski definition) is 4. The molecule has 21 heavy (non-hydrogen) atoms. The normalized spacial score (nSPS) is 11.9. The van der Waals surface area contributed by atoms with Gasteiger partial charge >= 0.3 is 0 Å². The monoisotopic (exact) mass is 290 g/mol. The smallest absolute Gasteiger partial charge is 0.251 e. The summed E-state index contributed by atoms with van der Waals surface area (Å²) in [5.74, 6) is 0.339. The standard InChI is InChI=1S/C14H22N6O/c1-9-11(7-16-14(2,3)4)13(19(5)18-9)20-8-10(6-17-20)12(15)21/h6,8,16H,7H2,1-5H3,(H2,15,21). The molecule has 0 spiro atoms. The van der Waals surface area contributed by atoms with Crippen molar-refractivity contribution < 1.29 is 4.79 Å². The molecule has 0 aliphatic rings. The number of rotatable bonds is 4. The molecule has 0 saturated carbocycles. The number of amides is 1. The summed E-state index contributed by atoms with van der Waals surface area (Å²) in [5.41, 5.74) is 7.63. The van der Waals surface area contributed by atoms with Crippen molar-refractivity contribution in [1.82, 2.24) is 24.9 Å². The van der Waals surface area contributed by atoms with E-state index in [4.69, 9.17) is 5.73 Å². The van der Waals surface area contributed by atoms with Crippen molar-refractivity contribution in [3.63, 3.8) is 0 Å². The first-order chi connectivity index (χ1) is 9.69. The van der Waals surface area contributed by atoms with Crippen molar-refractivity contribution in [2.45, 2.75) is 39.8 Å². The lowest BCUT2D eigenvalue weighted by atomic mass is 10.1. The van der Waals surface area contributed by atoms with E-state index in [9.17, 15) is 4.79 Å².